The van der Waals surface area contributed by atoms with Gasteiger partial charge in [-0.3, -0.25) is 5.32 Å². The molecule has 0 saturated carbocycles. The number of anilines is 1. The number of amides is 1. The predicted octanol–water partition coefficient (Wildman–Crippen LogP) is 2.62. The third-order valence-corrected chi connectivity index (χ3v) is 1.93. The lowest BCUT2D eigenvalue weighted by molar-refractivity contribution is 0.0635. The molecule has 0 unspecified atom stereocenters. The Hall–Kier alpha value is -1.23. The van der Waals surface area contributed by atoms with Gasteiger partial charge in [-0.15, -0.1) is 0 Å². The summed E-state index contributed by atoms with van der Waals surface area (Å²) in [5, 5.41) is 2.40. The molecule has 3 nitrogen and oxygen atoms in total. The summed E-state index contributed by atoms with van der Waals surface area (Å²) in [5.41, 5.74) is -0.758. The monoisotopic (exact) mass is 255 g/mol. The van der Waals surface area contributed by atoms with E-state index >= 15 is 0 Å². The molecule has 0 saturated heterocycles. The normalized spacial score (nSPS) is 11.1. The van der Waals surface area contributed by atoms with Crippen LogP contribution in [0.2, 0.25) is 5.02 Å². The van der Waals surface area contributed by atoms with E-state index in [0.717, 1.165) is 6.07 Å². The van der Waals surface area contributed by atoms with Crippen molar-refractivity contribution < 1.29 is 13.9 Å². The zero-order chi connectivity index (χ0) is 13.2. The van der Waals surface area contributed by atoms with Crippen molar-refractivity contribution in [3.8, 4) is 0 Å². The van der Waals surface area contributed by atoms with Crippen LogP contribution in [-0.2, 0) is 4.74 Å². The Bertz CT molecular complexity index is 423. The summed E-state index contributed by atoms with van der Waals surface area (Å²) in [7, 11) is 5.54. The topological polar surface area (TPSA) is 38.3 Å². The highest BCUT2D eigenvalue weighted by molar-refractivity contribution is 6.39. The van der Waals surface area contributed by atoms with Crippen LogP contribution in [-0.4, -0.2) is 19.5 Å². The van der Waals surface area contributed by atoms with E-state index in [1.807, 2.05) is 0 Å². The maximum atomic E-state index is 13.5. The van der Waals surface area contributed by atoms with Gasteiger partial charge in [-0.2, -0.15) is 0 Å². The first-order chi connectivity index (χ1) is 7.69. The van der Waals surface area contributed by atoms with Gasteiger partial charge in [0, 0.05) is 5.02 Å². The lowest BCUT2D eigenvalue weighted by Gasteiger charge is -2.20. The first-order valence-electron chi connectivity index (χ1n) is 4.93. The number of rotatable bonds is 1. The van der Waals surface area contributed by atoms with Crippen LogP contribution in [0.1, 0.15) is 20.8 Å². The fourth-order valence-corrected chi connectivity index (χ4v) is 1.34. The minimum atomic E-state index is -0.773. The average Bonchev–Trinajstić information content (AvgIpc) is 2.08. The van der Waals surface area contributed by atoms with Crippen molar-refractivity contribution in [3.05, 3.63) is 23.0 Å². The Balaban J connectivity index is 2.86. The fourth-order valence-electron chi connectivity index (χ4n) is 1.13. The number of halogens is 2. The van der Waals surface area contributed by atoms with Crippen LogP contribution in [0.15, 0.2) is 12.1 Å². The van der Waals surface area contributed by atoms with Gasteiger partial charge in [0.2, 0.25) is 0 Å². The maximum Gasteiger partial charge on any atom is 0.412 e. The largest absolute Gasteiger partial charge is 0.444 e. The molecule has 1 N–H and O–H groups in total. The molecular formula is C11H12BClFNO2. The van der Waals surface area contributed by atoms with Crippen LogP contribution in [0.4, 0.5) is 14.9 Å². The van der Waals surface area contributed by atoms with Gasteiger partial charge in [-0.05, 0) is 32.9 Å². The Kier molecular flexibility index (Phi) is 4.04. The summed E-state index contributed by atoms with van der Waals surface area (Å²) in [6, 6.07) is 2.40. The van der Waals surface area contributed by atoms with Crippen molar-refractivity contribution >= 4 is 36.7 Å². The number of ether oxygens (including phenoxy) is 1. The molecular weight excluding hydrogens is 243 g/mol. The first kappa shape index (κ1) is 13.8. The van der Waals surface area contributed by atoms with E-state index in [2.05, 4.69) is 5.32 Å². The van der Waals surface area contributed by atoms with Crippen LogP contribution < -0.4 is 10.8 Å². The van der Waals surface area contributed by atoms with Gasteiger partial charge in [0.15, 0.2) is 0 Å². The first-order valence-corrected chi connectivity index (χ1v) is 5.31. The van der Waals surface area contributed by atoms with E-state index in [1.54, 1.807) is 20.8 Å². The summed E-state index contributed by atoms with van der Waals surface area (Å²) >= 11 is 5.60. The summed E-state index contributed by atoms with van der Waals surface area (Å²) in [5.74, 6) is -0.708. The molecule has 0 heterocycles. The molecule has 2 radical (unpaired) electrons. The van der Waals surface area contributed by atoms with E-state index in [1.165, 1.54) is 6.07 Å². The Morgan fingerprint density at radius 1 is 1.47 bits per heavy atom. The average molecular weight is 255 g/mol. The number of nitrogens with one attached hydrogen (secondary N) is 1. The van der Waals surface area contributed by atoms with Crippen molar-refractivity contribution in [1.29, 1.82) is 0 Å². The molecule has 0 aromatic heterocycles. The third-order valence-electron chi connectivity index (χ3n) is 1.71. The van der Waals surface area contributed by atoms with E-state index in [-0.39, 0.29) is 16.2 Å². The molecule has 0 atom stereocenters. The van der Waals surface area contributed by atoms with Crippen LogP contribution in [0.25, 0.3) is 0 Å². The van der Waals surface area contributed by atoms with Gasteiger partial charge >= 0.3 is 6.09 Å². The van der Waals surface area contributed by atoms with Crippen LogP contribution >= 0.6 is 11.6 Å². The van der Waals surface area contributed by atoms with Gasteiger partial charge in [-0.1, -0.05) is 17.1 Å². The second kappa shape index (κ2) is 4.96. The third kappa shape index (κ3) is 4.27. The second-order valence-corrected chi connectivity index (χ2v) is 4.92. The Morgan fingerprint density at radius 3 is 2.53 bits per heavy atom. The highest BCUT2D eigenvalue weighted by atomic mass is 35.5. The minimum Gasteiger partial charge on any atom is -0.444 e. The molecule has 1 amide bonds. The van der Waals surface area contributed by atoms with Crippen LogP contribution in [0.5, 0.6) is 0 Å². The standard InChI is InChI=1S/C11H12BClFNO2/c1-11(2,3)17-10(16)15-9-7(12)4-6(13)5-8(9)14/h4-5H,1-3H3,(H,15,16). The van der Waals surface area contributed by atoms with Crippen molar-refractivity contribution in [1.82, 2.24) is 0 Å². The van der Waals surface area contributed by atoms with Gasteiger partial charge < -0.3 is 4.74 Å². The Morgan fingerprint density at radius 2 is 2.06 bits per heavy atom. The van der Waals surface area contributed by atoms with Gasteiger partial charge in [0.1, 0.15) is 19.3 Å². The number of benzene rings is 1. The van der Waals surface area contributed by atoms with Crippen molar-refractivity contribution in [2.24, 2.45) is 0 Å². The van der Waals surface area contributed by atoms with Crippen molar-refractivity contribution in [2.75, 3.05) is 5.32 Å². The predicted molar refractivity (Wildman–Crippen MR) is 66.7 cm³/mol. The quantitative estimate of drug-likeness (QED) is 0.784. The molecule has 0 fully saturated rings. The zero-order valence-corrected chi connectivity index (χ0v) is 10.6. The van der Waals surface area contributed by atoms with Gasteiger partial charge in [0.25, 0.3) is 0 Å². The smallest absolute Gasteiger partial charge is 0.412 e. The van der Waals surface area contributed by atoms with E-state index in [9.17, 15) is 9.18 Å². The second-order valence-electron chi connectivity index (χ2n) is 4.48. The minimum absolute atomic E-state index is 0.0425. The lowest BCUT2D eigenvalue weighted by atomic mass is 9.94. The molecule has 1 rings (SSSR count). The molecule has 17 heavy (non-hydrogen) atoms. The van der Waals surface area contributed by atoms with Crippen LogP contribution in [0.3, 0.4) is 0 Å². The number of carbonyl (C=O) groups excluding carboxylic acids is 1. The SMILES string of the molecule is [B]c1cc(Cl)cc(F)c1NC(=O)OC(C)(C)C. The van der Waals surface area contributed by atoms with Crippen molar-refractivity contribution in [3.63, 3.8) is 0 Å². The highest BCUT2D eigenvalue weighted by Crippen LogP contribution is 2.17. The number of hydrogen-bond donors (Lipinski definition) is 1. The maximum absolute atomic E-state index is 13.5. The number of hydrogen-bond acceptors (Lipinski definition) is 2. The molecule has 0 spiro atoms. The van der Waals surface area contributed by atoms with Gasteiger partial charge in [0.05, 0.1) is 5.69 Å². The summed E-state index contributed by atoms with van der Waals surface area (Å²) < 4.78 is 18.4. The molecule has 0 bridgehead atoms. The molecule has 0 aliphatic heterocycles. The van der Waals surface area contributed by atoms with E-state index in [0.29, 0.717) is 0 Å². The molecule has 1 aromatic rings. The van der Waals surface area contributed by atoms with Crippen LogP contribution in [0, 0.1) is 5.82 Å². The summed E-state index contributed by atoms with van der Waals surface area (Å²) in [6.07, 6.45) is -0.773. The van der Waals surface area contributed by atoms with Crippen molar-refractivity contribution in [2.45, 2.75) is 26.4 Å². The number of carbonyl (C=O) groups is 1. The van der Waals surface area contributed by atoms with E-state index in [4.69, 9.17) is 24.2 Å². The fraction of sp³-hybridized carbons (Fsp3) is 0.364. The Labute approximate surface area is 106 Å². The molecule has 0 aliphatic rings. The lowest BCUT2D eigenvalue weighted by Crippen LogP contribution is -2.29. The molecule has 1 aromatic carbocycles. The molecule has 0 aliphatic carbocycles. The highest BCUT2D eigenvalue weighted by Gasteiger charge is 2.18. The van der Waals surface area contributed by atoms with Gasteiger partial charge in [-0.25, -0.2) is 9.18 Å². The zero-order valence-electron chi connectivity index (χ0n) is 9.80. The van der Waals surface area contributed by atoms with E-state index < -0.39 is 17.5 Å². The molecule has 90 valence electrons. The molecule has 6 heteroatoms. The summed E-state index contributed by atoms with van der Waals surface area (Å²) in [6.45, 7) is 5.11. The summed E-state index contributed by atoms with van der Waals surface area (Å²) in [4.78, 5) is 11.4.